The van der Waals surface area contributed by atoms with Gasteiger partial charge in [0.1, 0.15) is 12.2 Å². The zero-order valence-electron chi connectivity index (χ0n) is 14.3. The molecular weight excluding hydrogens is 300 g/mol. The maximum Gasteiger partial charge on any atom is 0.410 e. The first-order valence-corrected chi connectivity index (χ1v) is 8.32. The van der Waals surface area contributed by atoms with Crippen LogP contribution in [0.1, 0.15) is 40.0 Å². The molecule has 0 radical (unpaired) electrons. The number of hydrogen-bond acceptors (Lipinski definition) is 5. The minimum absolute atomic E-state index is 0.0666. The number of carbonyl (C=O) groups is 2. The summed E-state index contributed by atoms with van der Waals surface area (Å²) in [5, 5.41) is 9.25. The van der Waals surface area contributed by atoms with E-state index in [1.165, 1.54) is 0 Å². The fraction of sp³-hybridized carbons (Fsp3) is 0.875. The number of piperidine rings is 1. The van der Waals surface area contributed by atoms with Gasteiger partial charge in [-0.05, 0) is 46.0 Å². The van der Waals surface area contributed by atoms with Gasteiger partial charge in [-0.3, -0.25) is 4.90 Å². The first kappa shape index (κ1) is 17.8. The van der Waals surface area contributed by atoms with Crippen molar-refractivity contribution in [2.24, 2.45) is 5.92 Å². The van der Waals surface area contributed by atoms with Gasteiger partial charge >= 0.3 is 12.2 Å². The van der Waals surface area contributed by atoms with Gasteiger partial charge in [0, 0.05) is 19.6 Å². The fourth-order valence-electron chi connectivity index (χ4n) is 2.97. The summed E-state index contributed by atoms with van der Waals surface area (Å²) in [6, 6.07) is -0.218. The van der Waals surface area contributed by atoms with Gasteiger partial charge in [-0.1, -0.05) is 0 Å². The summed E-state index contributed by atoms with van der Waals surface area (Å²) in [6.07, 6.45) is 2.10. The van der Waals surface area contributed by atoms with Crippen LogP contribution < -0.4 is 0 Å². The van der Waals surface area contributed by atoms with Crippen LogP contribution in [0.2, 0.25) is 0 Å². The van der Waals surface area contributed by atoms with Gasteiger partial charge in [-0.25, -0.2) is 9.59 Å². The SMILES string of the molecule is CC(C)(C)OC(=O)N1CCC(CCN2C(=O)OCC2CO)CC1. The van der Waals surface area contributed by atoms with Crippen LogP contribution in [0, 0.1) is 5.92 Å². The Bertz CT molecular complexity index is 427. The highest BCUT2D eigenvalue weighted by Crippen LogP contribution is 2.24. The molecule has 0 bridgehead atoms. The first-order chi connectivity index (χ1) is 10.8. The highest BCUT2D eigenvalue weighted by Gasteiger charge is 2.33. The van der Waals surface area contributed by atoms with Gasteiger partial charge in [-0.2, -0.15) is 0 Å². The van der Waals surface area contributed by atoms with Crippen molar-refractivity contribution in [3.05, 3.63) is 0 Å². The molecule has 7 nitrogen and oxygen atoms in total. The Hall–Kier alpha value is -1.50. The molecule has 1 atom stereocenters. The maximum absolute atomic E-state index is 12.0. The number of nitrogens with zero attached hydrogens (tertiary/aromatic N) is 2. The monoisotopic (exact) mass is 328 g/mol. The van der Waals surface area contributed by atoms with Crippen LogP contribution in [0.25, 0.3) is 0 Å². The van der Waals surface area contributed by atoms with E-state index in [1.807, 2.05) is 20.8 Å². The van der Waals surface area contributed by atoms with Crippen LogP contribution in [0.3, 0.4) is 0 Å². The van der Waals surface area contributed by atoms with Gasteiger partial charge in [0.15, 0.2) is 0 Å². The van der Waals surface area contributed by atoms with Gasteiger partial charge in [0.2, 0.25) is 0 Å². The van der Waals surface area contributed by atoms with Gasteiger partial charge in [0.25, 0.3) is 0 Å². The van der Waals surface area contributed by atoms with Crippen molar-refractivity contribution in [2.45, 2.75) is 51.7 Å². The van der Waals surface area contributed by atoms with Crippen LogP contribution in [0.4, 0.5) is 9.59 Å². The third-order valence-corrected chi connectivity index (χ3v) is 4.33. The van der Waals surface area contributed by atoms with Crippen molar-refractivity contribution in [3.8, 4) is 0 Å². The Kier molecular flexibility index (Phi) is 5.73. The predicted molar refractivity (Wildman–Crippen MR) is 84.1 cm³/mol. The lowest BCUT2D eigenvalue weighted by molar-refractivity contribution is 0.0178. The summed E-state index contributed by atoms with van der Waals surface area (Å²) in [4.78, 5) is 27.0. The Morgan fingerprint density at radius 3 is 2.57 bits per heavy atom. The van der Waals surface area contributed by atoms with E-state index < -0.39 is 5.60 Å². The minimum Gasteiger partial charge on any atom is -0.447 e. The summed E-state index contributed by atoms with van der Waals surface area (Å²) in [5.74, 6) is 0.474. The second-order valence-electron chi connectivity index (χ2n) is 7.31. The molecule has 2 rings (SSSR count). The quantitative estimate of drug-likeness (QED) is 0.852. The lowest BCUT2D eigenvalue weighted by atomic mass is 9.93. The summed E-state index contributed by atoms with van der Waals surface area (Å²) >= 11 is 0. The number of ether oxygens (including phenoxy) is 2. The van der Waals surface area contributed by atoms with Gasteiger partial charge in [0.05, 0.1) is 12.6 Å². The number of amides is 2. The van der Waals surface area contributed by atoms with Crippen molar-refractivity contribution < 1.29 is 24.2 Å². The number of cyclic esters (lactones) is 1. The molecule has 0 saturated carbocycles. The predicted octanol–water partition coefficient (Wildman–Crippen LogP) is 1.84. The molecule has 132 valence electrons. The molecule has 1 unspecified atom stereocenters. The number of aliphatic hydroxyl groups is 1. The van der Waals surface area contributed by atoms with Crippen molar-refractivity contribution in [1.29, 1.82) is 0 Å². The summed E-state index contributed by atoms with van der Waals surface area (Å²) in [5.41, 5.74) is -0.469. The molecule has 2 saturated heterocycles. The van der Waals surface area contributed by atoms with Crippen LogP contribution in [0.15, 0.2) is 0 Å². The molecule has 23 heavy (non-hydrogen) atoms. The van der Waals surface area contributed by atoms with Crippen molar-refractivity contribution in [3.63, 3.8) is 0 Å². The zero-order valence-corrected chi connectivity index (χ0v) is 14.3. The lowest BCUT2D eigenvalue weighted by Crippen LogP contribution is -2.42. The first-order valence-electron chi connectivity index (χ1n) is 8.32. The zero-order chi connectivity index (χ0) is 17.0. The van der Waals surface area contributed by atoms with E-state index in [-0.39, 0.29) is 31.4 Å². The van der Waals surface area contributed by atoms with E-state index in [9.17, 15) is 14.7 Å². The van der Waals surface area contributed by atoms with Gasteiger partial charge in [-0.15, -0.1) is 0 Å². The number of hydrogen-bond donors (Lipinski definition) is 1. The standard InChI is InChI=1S/C16H28N2O5/c1-16(2,3)23-14(20)17-7-4-12(5-8-17)6-9-18-13(10-19)11-22-15(18)21/h12-13,19H,4-11H2,1-3H3. The minimum atomic E-state index is -0.469. The molecule has 2 heterocycles. The molecule has 0 aliphatic carbocycles. The highest BCUT2D eigenvalue weighted by atomic mass is 16.6. The summed E-state index contributed by atoms with van der Waals surface area (Å²) in [7, 11) is 0. The molecule has 0 aromatic heterocycles. The van der Waals surface area contributed by atoms with Crippen molar-refractivity contribution in [1.82, 2.24) is 9.80 Å². The Balaban J connectivity index is 1.72. The Labute approximate surface area is 137 Å². The molecule has 0 aromatic carbocycles. The Morgan fingerprint density at radius 1 is 1.35 bits per heavy atom. The number of aliphatic hydroxyl groups excluding tert-OH is 1. The Morgan fingerprint density at radius 2 is 2.00 bits per heavy atom. The highest BCUT2D eigenvalue weighted by molar-refractivity contribution is 5.70. The van der Waals surface area contributed by atoms with Crippen LogP contribution in [-0.2, 0) is 9.47 Å². The molecule has 1 N–H and O–H groups in total. The molecule has 7 heteroatoms. The van der Waals surface area contributed by atoms with Crippen LogP contribution in [-0.4, -0.2) is 71.6 Å². The summed E-state index contributed by atoms with van der Waals surface area (Å²) < 4.78 is 10.3. The van der Waals surface area contributed by atoms with E-state index >= 15 is 0 Å². The van der Waals surface area contributed by atoms with Crippen LogP contribution >= 0.6 is 0 Å². The smallest absolute Gasteiger partial charge is 0.410 e. The third-order valence-electron chi connectivity index (χ3n) is 4.33. The molecule has 2 aliphatic heterocycles. The van der Waals surface area contributed by atoms with Gasteiger partial charge < -0.3 is 19.5 Å². The normalized spacial score (nSPS) is 23.1. The molecule has 0 aromatic rings. The van der Waals surface area contributed by atoms with E-state index in [4.69, 9.17) is 9.47 Å². The number of rotatable bonds is 4. The van der Waals surface area contributed by atoms with E-state index in [0.29, 0.717) is 25.6 Å². The third kappa shape index (κ3) is 4.99. The van der Waals surface area contributed by atoms with E-state index in [1.54, 1.807) is 9.80 Å². The largest absolute Gasteiger partial charge is 0.447 e. The fourth-order valence-corrected chi connectivity index (χ4v) is 2.97. The maximum atomic E-state index is 12.0. The molecule has 0 spiro atoms. The van der Waals surface area contributed by atoms with E-state index in [2.05, 4.69) is 0 Å². The lowest BCUT2D eigenvalue weighted by Gasteiger charge is -2.34. The topological polar surface area (TPSA) is 79.3 Å². The molecule has 2 fully saturated rings. The van der Waals surface area contributed by atoms with Crippen LogP contribution in [0.5, 0.6) is 0 Å². The second kappa shape index (κ2) is 7.38. The average Bonchev–Trinajstić information content (AvgIpc) is 2.84. The number of likely N-dealkylation sites (tertiary alicyclic amines) is 1. The molecular formula is C16H28N2O5. The molecule has 2 amide bonds. The summed E-state index contributed by atoms with van der Waals surface area (Å²) in [6.45, 7) is 7.77. The number of carbonyl (C=O) groups excluding carboxylic acids is 2. The van der Waals surface area contributed by atoms with Crippen molar-refractivity contribution >= 4 is 12.2 Å². The van der Waals surface area contributed by atoms with Crippen molar-refractivity contribution in [2.75, 3.05) is 32.8 Å². The second-order valence-corrected chi connectivity index (χ2v) is 7.31. The average molecular weight is 328 g/mol. The molecule has 2 aliphatic rings. The van der Waals surface area contributed by atoms with E-state index in [0.717, 1.165) is 19.3 Å².